The van der Waals surface area contributed by atoms with E-state index in [0.717, 1.165) is 17.7 Å². The van der Waals surface area contributed by atoms with Gasteiger partial charge < -0.3 is 9.64 Å². The first-order valence-electron chi connectivity index (χ1n) is 6.58. The summed E-state index contributed by atoms with van der Waals surface area (Å²) in [5.74, 6) is 0.00815. The number of fused-ring (bicyclic) bond motifs is 1. The molecule has 108 valence electrons. The number of halogens is 1. The van der Waals surface area contributed by atoms with E-state index in [-0.39, 0.29) is 29.2 Å². The Balaban J connectivity index is 2.32. The van der Waals surface area contributed by atoms with Crippen LogP contribution in [0.1, 0.15) is 29.8 Å². The standard InChI is InChI=1S/C15H18BrNO3/c1-9-6-12-7-11(15(19)10(2)16)4-5-13(12)17(9)14(18)8-20-3/h4-5,7,9-10H,6,8H2,1-3H3. The molecule has 1 aliphatic rings. The zero-order chi connectivity index (χ0) is 14.9. The van der Waals surface area contributed by atoms with Gasteiger partial charge in [-0.25, -0.2) is 0 Å². The zero-order valence-corrected chi connectivity index (χ0v) is 13.4. The van der Waals surface area contributed by atoms with Crippen molar-refractivity contribution in [1.29, 1.82) is 0 Å². The summed E-state index contributed by atoms with van der Waals surface area (Å²) >= 11 is 3.29. The minimum absolute atomic E-state index is 0.0494. The lowest BCUT2D eigenvalue weighted by atomic mass is 10.0. The van der Waals surface area contributed by atoms with Gasteiger partial charge in [0, 0.05) is 24.4 Å². The highest BCUT2D eigenvalue weighted by Crippen LogP contribution is 2.33. The number of amides is 1. The van der Waals surface area contributed by atoms with Gasteiger partial charge in [0.15, 0.2) is 5.78 Å². The summed E-state index contributed by atoms with van der Waals surface area (Å²) < 4.78 is 4.92. The molecule has 1 aromatic carbocycles. The molecule has 0 N–H and O–H groups in total. The predicted octanol–water partition coefficient (Wildman–Crippen LogP) is 2.58. The van der Waals surface area contributed by atoms with Crippen LogP contribution in [0.5, 0.6) is 0 Å². The Hall–Kier alpha value is -1.20. The van der Waals surface area contributed by atoms with Crippen LogP contribution in [0.4, 0.5) is 5.69 Å². The average molecular weight is 340 g/mol. The summed E-state index contributed by atoms with van der Waals surface area (Å²) in [6.07, 6.45) is 0.766. The molecule has 0 aliphatic carbocycles. The van der Waals surface area contributed by atoms with Gasteiger partial charge in [-0.05, 0) is 44.0 Å². The Morgan fingerprint density at radius 1 is 1.50 bits per heavy atom. The lowest BCUT2D eigenvalue weighted by molar-refractivity contribution is -0.122. The number of ether oxygens (including phenoxy) is 1. The quantitative estimate of drug-likeness (QED) is 0.625. The number of ketones is 1. The van der Waals surface area contributed by atoms with Gasteiger partial charge in [0.05, 0.1) is 4.83 Å². The number of benzene rings is 1. The molecule has 0 radical (unpaired) electrons. The van der Waals surface area contributed by atoms with Gasteiger partial charge in [-0.1, -0.05) is 15.9 Å². The molecule has 1 amide bonds. The number of anilines is 1. The minimum atomic E-state index is -0.203. The van der Waals surface area contributed by atoms with Crippen molar-refractivity contribution in [3.8, 4) is 0 Å². The molecule has 0 bridgehead atoms. The van der Waals surface area contributed by atoms with E-state index >= 15 is 0 Å². The Bertz CT molecular complexity index is 542. The molecule has 0 saturated heterocycles. The lowest BCUT2D eigenvalue weighted by Crippen LogP contribution is -2.38. The van der Waals surface area contributed by atoms with Crippen molar-refractivity contribution in [3.05, 3.63) is 29.3 Å². The molecule has 1 aliphatic heterocycles. The molecule has 2 unspecified atom stereocenters. The number of carbonyl (C=O) groups excluding carboxylic acids is 2. The molecule has 1 aromatic rings. The Morgan fingerprint density at radius 3 is 2.80 bits per heavy atom. The summed E-state index contributed by atoms with van der Waals surface area (Å²) in [4.78, 5) is 25.6. The van der Waals surface area contributed by atoms with Gasteiger partial charge >= 0.3 is 0 Å². The molecular weight excluding hydrogens is 322 g/mol. The molecule has 20 heavy (non-hydrogen) atoms. The van der Waals surface area contributed by atoms with Crippen LogP contribution in [-0.4, -0.2) is 36.3 Å². The second-order valence-corrected chi connectivity index (χ2v) is 6.45. The number of alkyl halides is 1. The summed E-state index contributed by atoms with van der Waals surface area (Å²) in [7, 11) is 1.51. The molecule has 5 heteroatoms. The summed E-state index contributed by atoms with van der Waals surface area (Å²) in [5.41, 5.74) is 2.61. The topological polar surface area (TPSA) is 46.6 Å². The number of hydrogen-bond donors (Lipinski definition) is 0. The smallest absolute Gasteiger partial charge is 0.253 e. The van der Waals surface area contributed by atoms with E-state index < -0.39 is 0 Å². The first-order valence-corrected chi connectivity index (χ1v) is 7.49. The second kappa shape index (κ2) is 6.06. The van der Waals surface area contributed by atoms with Crippen molar-refractivity contribution in [2.24, 2.45) is 0 Å². The Kier molecular flexibility index (Phi) is 4.60. The van der Waals surface area contributed by atoms with Crippen molar-refractivity contribution in [3.63, 3.8) is 0 Å². The van der Waals surface area contributed by atoms with Crippen LogP contribution in [0, 0.1) is 0 Å². The van der Waals surface area contributed by atoms with Crippen LogP contribution >= 0.6 is 15.9 Å². The predicted molar refractivity (Wildman–Crippen MR) is 81.7 cm³/mol. The van der Waals surface area contributed by atoms with Gasteiger partial charge in [0.25, 0.3) is 5.91 Å². The molecule has 0 spiro atoms. The van der Waals surface area contributed by atoms with Crippen molar-refractivity contribution >= 4 is 33.3 Å². The molecule has 4 nitrogen and oxygen atoms in total. The fourth-order valence-corrected chi connectivity index (χ4v) is 2.85. The summed E-state index contributed by atoms with van der Waals surface area (Å²) in [6.45, 7) is 3.89. The van der Waals surface area contributed by atoms with Crippen LogP contribution in [-0.2, 0) is 16.0 Å². The number of carbonyl (C=O) groups is 2. The minimum Gasteiger partial charge on any atom is -0.375 e. The summed E-state index contributed by atoms with van der Waals surface area (Å²) in [5, 5.41) is 0. The number of methoxy groups -OCH3 is 1. The molecular formula is C15H18BrNO3. The highest BCUT2D eigenvalue weighted by atomic mass is 79.9. The third-order valence-electron chi connectivity index (χ3n) is 3.48. The maximum Gasteiger partial charge on any atom is 0.253 e. The molecule has 2 atom stereocenters. The molecule has 1 heterocycles. The first kappa shape index (κ1) is 15.2. The third-order valence-corrected chi connectivity index (χ3v) is 3.89. The van der Waals surface area contributed by atoms with Crippen LogP contribution in [0.15, 0.2) is 18.2 Å². The van der Waals surface area contributed by atoms with E-state index in [1.807, 2.05) is 26.0 Å². The second-order valence-electron chi connectivity index (χ2n) is 5.07. The van der Waals surface area contributed by atoms with E-state index in [4.69, 9.17) is 4.74 Å². The molecule has 0 saturated carbocycles. The van der Waals surface area contributed by atoms with Crippen LogP contribution in [0.25, 0.3) is 0 Å². The third kappa shape index (κ3) is 2.79. The van der Waals surface area contributed by atoms with Gasteiger partial charge in [0.1, 0.15) is 6.61 Å². The fourth-order valence-electron chi connectivity index (χ4n) is 2.59. The van der Waals surface area contributed by atoms with Gasteiger partial charge in [0.2, 0.25) is 0 Å². The number of hydrogen-bond acceptors (Lipinski definition) is 3. The van der Waals surface area contributed by atoms with Gasteiger partial charge in [-0.2, -0.15) is 0 Å². The highest BCUT2D eigenvalue weighted by Gasteiger charge is 2.31. The lowest BCUT2D eigenvalue weighted by Gasteiger charge is -2.22. The highest BCUT2D eigenvalue weighted by molar-refractivity contribution is 9.10. The molecule has 0 aromatic heterocycles. The maximum absolute atomic E-state index is 12.1. The van der Waals surface area contributed by atoms with E-state index in [1.54, 1.807) is 11.0 Å². The van der Waals surface area contributed by atoms with Crippen molar-refractivity contribution < 1.29 is 14.3 Å². The van der Waals surface area contributed by atoms with Crippen LogP contribution in [0.2, 0.25) is 0 Å². The van der Waals surface area contributed by atoms with Gasteiger partial charge in [-0.15, -0.1) is 0 Å². The number of Topliss-reactive ketones (excluding diaryl/α,β-unsaturated/α-hetero) is 1. The van der Waals surface area contributed by atoms with E-state index in [1.165, 1.54) is 7.11 Å². The van der Waals surface area contributed by atoms with Crippen molar-refractivity contribution in [2.75, 3.05) is 18.6 Å². The monoisotopic (exact) mass is 339 g/mol. The largest absolute Gasteiger partial charge is 0.375 e. The van der Waals surface area contributed by atoms with Crippen LogP contribution < -0.4 is 4.90 Å². The van der Waals surface area contributed by atoms with E-state index in [0.29, 0.717) is 5.56 Å². The first-order chi connectivity index (χ1) is 9.45. The van der Waals surface area contributed by atoms with Gasteiger partial charge in [-0.3, -0.25) is 9.59 Å². The molecule has 2 rings (SSSR count). The molecule has 0 fully saturated rings. The van der Waals surface area contributed by atoms with Crippen molar-refractivity contribution in [1.82, 2.24) is 0 Å². The van der Waals surface area contributed by atoms with E-state index in [2.05, 4.69) is 15.9 Å². The van der Waals surface area contributed by atoms with E-state index in [9.17, 15) is 9.59 Å². The van der Waals surface area contributed by atoms with Crippen LogP contribution in [0.3, 0.4) is 0 Å². The number of rotatable bonds is 4. The Labute approximate surface area is 127 Å². The summed E-state index contributed by atoms with van der Waals surface area (Å²) in [6, 6.07) is 5.63. The number of nitrogens with zero attached hydrogens (tertiary/aromatic N) is 1. The zero-order valence-electron chi connectivity index (χ0n) is 11.9. The van der Waals surface area contributed by atoms with Crippen molar-refractivity contribution in [2.45, 2.75) is 31.1 Å². The maximum atomic E-state index is 12.1. The fraction of sp³-hybridized carbons (Fsp3) is 0.467. The average Bonchev–Trinajstić information content (AvgIpc) is 2.72. The normalized spacial score (nSPS) is 18.8. The SMILES string of the molecule is COCC(=O)N1c2ccc(C(=O)C(C)Br)cc2CC1C. The Morgan fingerprint density at radius 2 is 2.20 bits per heavy atom.